The number of rotatable bonds is 3. The maximum absolute atomic E-state index is 6.32. The highest BCUT2D eigenvalue weighted by Gasteiger charge is 2.24. The van der Waals surface area contributed by atoms with Crippen molar-refractivity contribution < 1.29 is 4.42 Å². The minimum Gasteiger partial charge on any atom is -0.468 e. The summed E-state index contributed by atoms with van der Waals surface area (Å²) in [6.07, 6.45) is 6.11. The zero-order valence-corrected chi connectivity index (χ0v) is 12.1. The lowest BCUT2D eigenvalue weighted by Crippen LogP contribution is -2.29. The van der Waals surface area contributed by atoms with Gasteiger partial charge in [-0.2, -0.15) is 5.10 Å². The Hall–Kier alpha value is -2.60. The molecule has 0 saturated carbocycles. The summed E-state index contributed by atoms with van der Waals surface area (Å²) in [5.41, 5.74) is 9.47. The summed E-state index contributed by atoms with van der Waals surface area (Å²) >= 11 is 0. The summed E-state index contributed by atoms with van der Waals surface area (Å²) in [5, 5.41) is 4.67. The standard InChI is InChI=1S/C16H17N5O/c17-16-14-11-20(10-13-2-1-9-22-13)8-5-15(14)19-21(16)12-3-6-18-7-4-12/h1-4,6-7,9H,5,8,10-11,17H2. The number of hydrogen-bond donors (Lipinski definition) is 1. The first-order chi connectivity index (χ1) is 10.8. The molecule has 6 nitrogen and oxygen atoms in total. The van der Waals surface area contributed by atoms with E-state index in [1.165, 1.54) is 0 Å². The van der Waals surface area contributed by atoms with Crippen molar-refractivity contribution in [2.75, 3.05) is 12.3 Å². The zero-order valence-electron chi connectivity index (χ0n) is 12.1. The summed E-state index contributed by atoms with van der Waals surface area (Å²) in [6, 6.07) is 7.74. The molecular formula is C16H17N5O. The predicted octanol–water partition coefficient (Wildman–Crippen LogP) is 2.00. The van der Waals surface area contributed by atoms with Crippen molar-refractivity contribution in [3.8, 4) is 5.69 Å². The van der Waals surface area contributed by atoms with Gasteiger partial charge in [-0.05, 0) is 24.3 Å². The van der Waals surface area contributed by atoms with Crippen molar-refractivity contribution in [3.05, 3.63) is 59.9 Å². The second-order valence-electron chi connectivity index (χ2n) is 5.47. The molecule has 3 aromatic rings. The second-order valence-corrected chi connectivity index (χ2v) is 5.47. The first kappa shape index (κ1) is 13.1. The van der Waals surface area contributed by atoms with Crippen LogP contribution in [-0.2, 0) is 19.5 Å². The van der Waals surface area contributed by atoms with Crippen molar-refractivity contribution in [2.45, 2.75) is 19.5 Å². The Morgan fingerprint density at radius 2 is 2.09 bits per heavy atom. The fraction of sp³-hybridized carbons (Fsp3) is 0.250. The van der Waals surface area contributed by atoms with Crippen LogP contribution in [0.4, 0.5) is 5.82 Å². The molecule has 6 heteroatoms. The number of aromatic nitrogens is 3. The lowest BCUT2D eigenvalue weighted by Gasteiger charge is -2.25. The van der Waals surface area contributed by atoms with Gasteiger partial charge in [-0.25, -0.2) is 4.68 Å². The van der Waals surface area contributed by atoms with E-state index in [0.29, 0.717) is 5.82 Å². The number of nitrogens with two attached hydrogens (primary N) is 1. The zero-order chi connectivity index (χ0) is 14.9. The van der Waals surface area contributed by atoms with Crippen LogP contribution >= 0.6 is 0 Å². The van der Waals surface area contributed by atoms with Crippen LogP contribution in [0.3, 0.4) is 0 Å². The van der Waals surface area contributed by atoms with Gasteiger partial charge in [0.2, 0.25) is 0 Å². The predicted molar refractivity (Wildman–Crippen MR) is 82.3 cm³/mol. The van der Waals surface area contributed by atoms with E-state index in [2.05, 4.69) is 15.0 Å². The molecule has 4 heterocycles. The lowest BCUT2D eigenvalue weighted by molar-refractivity contribution is 0.225. The third kappa shape index (κ3) is 2.27. The van der Waals surface area contributed by atoms with Gasteiger partial charge in [0.15, 0.2) is 0 Å². The largest absolute Gasteiger partial charge is 0.468 e. The van der Waals surface area contributed by atoms with Gasteiger partial charge in [-0.3, -0.25) is 9.88 Å². The van der Waals surface area contributed by atoms with E-state index in [1.54, 1.807) is 18.7 Å². The van der Waals surface area contributed by atoms with Crippen LogP contribution in [0.2, 0.25) is 0 Å². The van der Waals surface area contributed by atoms with Crippen LogP contribution in [0.1, 0.15) is 17.0 Å². The van der Waals surface area contributed by atoms with E-state index in [4.69, 9.17) is 10.2 Å². The Bertz CT molecular complexity index is 763. The molecular weight excluding hydrogens is 278 g/mol. The number of pyridine rings is 1. The molecule has 22 heavy (non-hydrogen) atoms. The average molecular weight is 295 g/mol. The van der Waals surface area contributed by atoms with E-state index >= 15 is 0 Å². The molecule has 0 saturated heterocycles. The quantitative estimate of drug-likeness (QED) is 0.800. The molecule has 0 unspecified atom stereocenters. The molecule has 112 valence electrons. The lowest BCUT2D eigenvalue weighted by atomic mass is 10.1. The summed E-state index contributed by atoms with van der Waals surface area (Å²) in [5.74, 6) is 1.69. The fourth-order valence-electron chi connectivity index (χ4n) is 2.89. The molecule has 0 amide bonds. The van der Waals surface area contributed by atoms with Crippen molar-refractivity contribution in [1.29, 1.82) is 0 Å². The maximum atomic E-state index is 6.32. The summed E-state index contributed by atoms with van der Waals surface area (Å²) in [6.45, 7) is 2.56. The number of furan rings is 1. The van der Waals surface area contributed by atoms with E-state index in [0.717, 1.165) is 48.8 Å². The van der Waals surface area contributed by atoms with E-state index in [1.807, 2.05) is 28.9 Å². The number of hydrogen-bond acceptors (Lipinski definition) is 5. The summed E-state index contributed by atoms with van der Waals surface area (Å²) in [7, 11) is 0. The Balaban J connectivity index is 1.61. The molecule has 0 fully saturated rings. The third-order valence-electron chi connectivity index (χ3n) is 4.02. The average Bonchev–Trinajstić information content (AvgIpc) is 3.17. The molecule has 2 N–H and O–H groups in total. The molecule has 0 radical (unpaired) electrons. The van der Waals surface area contributed by atoms with Gasteiger partial charge in [0.1, 0.15) is 11.6 Å². The molecule has 1 aliphatic heterocycles. The minimum atomic E-state index is 0.713. The number of anilines is 1. The van der Waals surface area contributed by atoms with Crippen LogP contribution in [0.15, 0.2) is 47.3 Å². The number of nitrogens with zero attached hydrogens (tertiary/aromatic N) is 4. The van der Waals surface area contributed by atoms with Crippen molar-refractivity contribution in [1.82, 2.24) is 19.7 Å². The minimum absolute atomic E-state index is 0.713. The van der Waals surface area contributed by atoms with E-state index in [9.17, 15) is 0 Å². The van der Waals surface area contributed by atoms with Crippen LogP contribution in [0.5, 0.6) is 0 Å². The molecule has 4 rings (SSSR count). The van der Waals surface area contributed by atoms with Gasteiger partial charge in [-0.1, -0.05) is 0 Å². The smallest absolute Gasteiger partial charge is 0.132 e. The molecule has 3 aromatic heterocycles. The van der Waals surface area contributed by atoms with Crippen LogP contribution in [-0.4, -0.2) is 26.2 Å². The van der Waals surface area contributed by atoms with Crippen molar-refractivity contribution in [2.24, 2.45) is 0 Å². The normalized spacial score (nSPS) is 14.9. The molecule has 0 aromatic carbocycles. The highest BCUT2D eigenvalue weighted by atomic mass is 16.3. The van der Waals surface area contributed by atoms with Gasteiger partial charge < -0.3 is 10.2 Å². The summed E-state index contributed by atoms with van der Waals surface area (Å²) in [4.78, 5) is 6.37. The van der Waals surface area contributed by atoms with Gasteiger partial charge in [0.05, 0.1) is 24.2 Å². The van der Waals surface area contributed by atoms with Crippen LogP contribution in [0.25, 0.3) is 5.69 Å². The molecule has 0 atom stereocenters. The second kappa shape index (κ2) is 5.31. The van der Waals surface area contributed by atoms with Gasteiger partial charge in [0.25, 0.3) is 0 Å². The Morgan fingerprint density at radius 3 is 2.86 bits per heavy atom. The van der Waals surface area contributed by atoms with Crippen LogP contribution in [0, 0.1) is 0 Å². The highest BCUT2D eigenvalue weighted by Crippen LogP contribution is 2.27. The van der Waals surface area contributed by atoms with E-state index in [-0.39, 0.29) is 0 Å². The monoisotopic (exact) mass is 295 g/mol. The molecule has 0 bridgehead atoms. The SMILES string of the molecule is Nc1c2c(nn1-c1ccncc1)CCN(Cc1ccco1)C2. The molecule has 0 spiro atoms. The first-order valence-corrected chi connectivity index (χ1v) is 7.32. The van der Waals surface area contributed by atoms with Crippen LogP contribution < -0.4 is 5.73 Å². The number of nitrogen functional groups attached to an aromatic ring is 1. The molecule has 0 aliphatic carbocycles. The fourth-order valence-corrected chi connectivity index (χ4v) is 2.89. The van der Waals surface area contributed by atoms with Crippen molar-refractivity contribution in [3.63, 3.8) is 0 Å². The van der Waals surface area contributed by atoms with Crippen molar-refractivity contribution >= 4 is 5.82 Å². The highest BCUT2D eigenvalue weighted by molar-refractivity contribution is 5.50. The maximum Gasteiger partial charge on any atom is 0.132 e. The van der Waals surface area contributed by atoms with Gasteiger partial charge in [-0.15, -0.1) is 0 Å². The first-order valence-electron chi connectivity index (χ1n) is 7.32. The van der Waals surface area contributed by atoms with Gasteiger partial charge in [0, 0.05) is 37.5 Å². The third-order valence-corrected chi connectivity index (χ3v) is 4.02. The topological polar surface area (TPSA) is 73.1 Å². The summed E-state index contributed by atoms with van der Waals surface area (Å²) < 4.78 is 7.24. The van der Waals surface area contributed by atoms with Gasteiger partial charge >= 0.3 is 0 Å². The Morgan fingerprint density at radius 1 is 1.23 bits per heavy atom. The Labute approximate surface area is 128 Å². The van der Waals surface area contributed by atoms with E-state index < -0.39 is 0 Å². The molecule has 1 aliphatic rings. The number of fused-ring (bicyclic) bond motifs is 1. The Kier molecular flexibility index (Phi) is 3.16.